The molecule has 17 heavy (non-hydrogen) atoms. The van der Waals surface area contributed by atoms with E-state index in [-0.39, 0.29) is 5.91 Å². The lowest BCUT2D eigenvalue weighted by Crippen LogP contribution is -2.31. The first kappa shape index (κ1) is 13.7. The second-order valence-electron chi connectivity index (χ2n) is 4.10. The molecule has 1 rings (SSSR count). The van der Waals surface area contributed by atoms with Gasteiger partial charge in [-0.05, 0) is 26.0 Å². The van der Waals surface area contributed by atoms with Crippen LogP contribution >= 0.6 is 0 Å². The fraction of sp³-hybridized carbons (Fsp3) is 0.583. The maximum absolute atomic E-state index is 11.3. The van der Waals surface area contributed by atoms with Gasteiger partial charge in [0.15, 0.2) is 0 Å². The Labute approximate surface area is 102 Å². The van der Waals surface area contributed by atoms with Crippen LogP contribution in [0, 0.1) is 0 Å². The highest BCUT2D eigenvalue weighted by molar-refractivity contribution is 5.93. The number of hydrazine groups is 1. The molecule has 96 valence electrons. The topological polar surface area (TPSA) is 71.5 Å². The highest BCUT2D eigenvalue weighted by Crippen LogP contribution is 2.13. The van der Waals surface area contributed by atoms with Gasteiger partial charge in [-0.1, -0.05) is 13.8 Å². The lowest BCUT2D eigenvalue weighted by Gasteiger charge is -2.25. The molecule has 1 aromatic heterocycles. The fourth-order valence-electron chi connectivity index (χ4n) is 1.70. The van der Waals surface area contributed by atoms with Crippen LogP contribution in [0.25, 0.3) is 0 Å². The Morgan fingerprint density at radius 2 is 2.29 bits per heavy atom. The van der Waals surface area contributed by atoms with E-state index in [0.29, 0.717) is 18.2 Å². The normalized spacial score (nSPS) is 12.8. The quantitative estimate of drug-likeness (QED) is 0.448. The Morgan fingerprint density at radius 1 is 1.59 bits per heavy atom. The zero-order valence-corrected chi connectivity index (χ0v) is 10.7. The number of nitrogens with one attached hydrogen (secondary N) is 1. The number of nitrogens with two attached hydrogens (primary N) is 1. The van der Waals surface area contributed by atoms with Gasteiger partial charge in [0.05, 0.1) is 12.1 Å². The van der Waals surface area contributed by atoms with Gasteiger partial charge < -0.3 is 4.42 Å². The summed E-state index contributed by atoms with van der Waals surface area (Å²) in [5, 5.41) is 0. The summed E-state index contributed by atoms with van der Waals surface area (Å²) in [7, 11) is 0. The standard InChI is InChI=1S/C12H21N3O2/c1-4-9(3)15(5-2)7-11-6-10(8-17-11)12(16)14-13/h6,8-9H,4-5,7,13H2,1-3H3,(H,14,16). The highest BCUT2D eigenvalue weighted by Gasteiger charge is 2.14. The zero-order chi connectivity index (χ0) is 12.8. The molecule has 0 saturated carbocycles. The van der Waals surface area contributed by atoms with Crippen molar-refractivity contribution in [2.75, 3.05) is 6.54 Å². The van der Waals surface area contributed by atoms with E-state index in [9.17, 15) is 4.79 Å². The average molecular weight is 239 g/mol. The van der Waals surface area contributed by atoms with E-state index >= 15 is 0 Å². The molecule has 5 heteroatoms. The Hall–Kier alpha value is -1.33. The van der Waals surface area contributed by atoms with Crippen molar-refractivity contribution >= 4 is 5.91 Å². The van der Waals surface area contributed by atoms with Crippen LogP contribution in [0.1, 0.15) is 43.3 Å². The number of nitrogens with zero attached hydrogens (tertiary/aromatic N) is 1. The van der Waals surface area contributed by atoms with Gasteiger partial charge in [-0.15, -0.1) is 0 Å². The maximum Gasteiger partial charge on any atom is 0.268 e. The highest BCUT2D eigenvalue weighted by atomic mass is 16.3. The number of amides is 1. The van der Waals surface area contributed by atoms with Crippen LogP contribution in [0.2, 0.25) is 0 Å². The van der Waals surface area contributed by atoms with Crippen LogP contribution in [0.3, 0.4) is 0 Å². The van der Waals surface area contributed by atoms with Crippen molar-refractivity contribution < 1.29 is 9.21 Å². The van der Waals surface area contributed by atoms with E-state index in [1.807, 2.05) is 0 Å². The molecule has 0 aliphatic carbocycles. The van der Waals surface area contributed by atoms with Crippen molar-refractivity contribution in [3.63, 3.8) is 0 Å². The summed E-state index contributed by atoms with van der Waals surface area (Å²) in [6.07, 6.45) is 2.52. The molecule has 1 atom stereocenters. The van der Waals surface area contributed by atoms with Crippen LogP contribution in [0.4, 0.5) is 0 Å². The van der Waals surface area contributed by atoms with Gasteiger partial charge in [0.1, 0.15) is 12.0 Å². The van der Waals surface area contributed by atoms with Crippen molar-refractivity contribution in [1.82, 2.24) is 10.3 Å². The fourth-order valence-corrected chi connectivity index (χ4v) is 1.70. The molecular weight excluding hydrogens is 218 g/mol. The maximum atomic E-state index is 11.3. The predicted molar refractivity (Wildman–Crippen MR) is 66.2 cm³/mol. The molecule has 0 fully saturated rings. The van der Waals surface area contributed by atoms with Crippen molar-refractivity contribution in [3.05, 3.63) is 23.7 Å². The van der Waals surface area contributed by atoms with Gasteiger partial charge in [0, 0.05) is 6.04 Å². The van der Waals surface area contributed by atoms with E-state index in [2.05, 4.69) is 31.1 Å². The van der Waals surface area contributed by atoms with E-state index < -0.39 is 0 Å². The summed E-state index contributed by atoms with van der Waals surface area (Å²) in [6.45, 7) is 8.11. The van der Waals surface area contributed by atoms with Crippen molar-refractivity contribution in [1.29, 1.82) is 0 Å². The lowest BCUT2D eigenvalue weighted by atomic mass is 10.2. The minimum absolute atomic E-state index is 0.327. The predicted octanol–water partition coefficient (Wildman–Crippen LogP) is 1.50. The average Bonchev–Trinajstić information content (AvgIpc) is 2.82. The Kier molecular flexibility index (Phi) is 5.18. The molecule has 1 amide bonds. The van der Waals surface area contributed by atoms with E-state index in [1.165, 1.54) is 6.26 Å². The molecule has 0 aliphatic heterocycles. The summed E-state index contributed by atoms with van der Waals surface area (Å²) >= 11 is 0. The molecule has 0 aliphatic rings. The molecule has 1 heterocycles. The monoisotopic (exact) mass is 239 g/mol. The summed E-state index contributed by atoms with van der Waals surface area (Å²) < 4.78 is 5.36. The summed E-state index contributed by atoms with van der Waals surface area (Å²) in [5.74, 6) is 5.51. The summed E-state index contributed by atoms with van der Waals surface area (Å²) in [6, 6.07) is 2.23. The largest absolute Gasteiger partial charge is 0.467 e. The van der Waals surface area contributed by atoms with E-state index in [0.717, 1.165) is 18.7 Å². The molecular formula is C12H21N3O2. The van der Waals surface area contributed by atoms with E-state index in [4.69, 9.17) is 10.3 Å². The second-order valence-corrected chi connectivity index (χ2v) is 4.10. The van der Waals surface area contributed by atoms with Crippen LogP contribution in [-0.2, 0) is 6.54 Å². The van der Waals surface area contributed by atoms with Crippen molar-refractivity contribution in [2.24, 2.45) is 5.84 Å². The first-order valence-corrected chi connectivity index (χ1v) is 5.94. The van der Waals surface area contributed by atoms with Crippen LogP contribution in [0.5, 0.6) is 0 Å². The molecule has 0 aromatic carbocycles. The van der Waals surface area contributed by atoms with Crippen LogP contribution < -0.4 is 11.3 Å². The number of hydrogen-bond donors (Lipinski definition) is 2. The van der Waals surface area contributed by atoms with Crippen molar-refractivity contribution in [3.8, 4) is 0 Å². The van der Waals surface area contributed by atoms with Gasteiger partial charge in [0.2, 0.25) is 0 Å². The van der Waals surface area contributed by atoms with Gasteiger partial charge in [-0.3, -0.25) is 15.1 Å². The molecule has 0 radical (unpaired) electrons. The van der Waals surface area contributed by atoms with Gasteiger partial charge in [-0.25, -0.2) is 5.84 Å². The Morgan fingerprint density at radius 3 is 2.82 bits per heavy atom. The first-order chi connectivity index (χ1) is 8.12. The molecule has 0 saturated heterocycles. The number of furan rings is 1. The number of rotatable bonds is 6. The molecule has 1 aromatic rings. The minimum Gasteiger partial charge on any atom is -0.467 e. The molecule has 0 spiro atoms. The third-order valence-corrected chi connectivity index (χ3v) is 3.03. The molecule has 1 unspecified atom stereocenters. The van der Waals surface area contributed by atoms with Crippen LogP contribution in [0.15, 0.2) is 16.7 Å². The molecule has 5 nitrogen and oxygen atoms in total. The summed E-state index contributed by atoms with van der Waals surface area (Å²) in [5.41, 5.74) is 2.54. The number of carbonyl (C=O) groups excluding carboxylic acids is 1. The van der Waals surface area contributed by atoms with Gasteiger partial charge in [-0.2, -0.15) is 0 Å². The third-order valence-electron chi connectivity index (χ3n) is 3.03. The summed E-state index contributed by atoms with van der Waals surface area (Å²) in [4.78, 5) is 13.6. The van der Waals surface area contributed by atoms with Crippen LogP contribution in [-0.4, -0.2) is 23.4 Å². The van der Waals surface area contributed by atoms with Crippen molar-refractivity contribution in [2.45, 2.75) is 39.8 Å². The lowest BCUT2D eigenvalue weighted by molar-refractivity contribution is 0.0953. The van der Waals surface area contributed by atoms with E-state index in [1.54, 1.807) is 6.07 Å². The third kappa shape index (κ3) is 3.57. The van der Waals surface area contributed by atoms with Gasteiger partial charge in [0.25, 0.3) is 5.91 Å². The number of carbonyl (C=O) groups is 1. The second kappa shape index (κ2) is 6.42. The first-order valence-electron chi connectivity index (χ1n) is 5.94. The Balaban J connectivity index is 2.67. The zero-order valence-electron chi connectivity index (χ0n) is 10.7. The number of nitrogen functional groups attached to an aromatic ring is 1. The minimum atomic E-state index is -0.327. The molecule has 0 bridgehead atoms. The Bertz CT molecular complexity index is 362. The smallest absolute Gasteiger partial charge is 0.268 e. The molecule has 3 N–H and O–H groups in total. The van der Waals surface area contributed by atoms with Gasteiger partial charge >= 0.3 is 0 Å². The SMILES string of the molecule is CCC(C)N(CC)Cc1cc(C(=O)NN)co1. The number of hydrogen-bond acceptors (Lipinski definition) is 4.